The van der Waals surface area contributed by atoms with Crippen LogP contribution in [-0.4, -0.2) is 24.1 Å². The summed E-state index contributed by atoms with van der Waals surface area (Å²) < 4.78 is 0. The zero-order chi connectivity index (χ0) is 11.5. The maximum atomic E-state index is 5.83. The highest BCUT2D eigenvalue weighted by Gasteiger charge is 2.19. The number of para-hydroxylation sites is 1. The second kappa shape index (κ2) is 5.11. The van der Waals surface area contributed by atoms with E-state index in [9.17, 15) is 0 Å². The fraction of sp³-hybridized carbons (Fsp3) is 0.538. The number of hydrogen-bond acceptors (Lipinski definition) is 3. The summed E-state index contributed by atoms with van der Waals surface area (Å²) in [6.07, 6.45) is 0. The van der Waals surface area contributed by atoms with Gasteiger partial charge in [0, 0.05) is 36.3 Å². The minimum Gasteiger partial charge on any atom is -0.369 e. The molecule has 1 aliphatic rings. The number of benzene rings is 1. The minimum absolute atomic E-state index is 0.634. The standard InChI is InChI=1S/C13H20N2S/c1-10-4-3-5-12(8-14)13(10)15-6-7-16-11(2)9-15/h3-5,11H,6-9,14H2,1-2H3. The number of rotatable bonds is 2. The Balaban J connectivity index is 2.30. The molecule has 2 rings (SSSR count). The van der Waals surface area contributed by atoms with Crippen LogP contribution in [0.1, 0.15) is 18.1 Å². The van der Waals surface area contributed by atoms with Gasteiger partial charge in [-0.3, -0.25) is 0 Å². The molecule has 0 amide bonds. The Labute approximate surface area is 102 Å². The fourth-order valence-electron chi connectivity index (χ4n) is 2.36. The lowest BCUT2D eigenvalue weighted by Crippen LogP contribution is -2.37. The van der Waals surface area contributed by atoms with Gasteiger partial charge in [0.05, 0.1) is 0 Å². The first-order chi connectivity index (χ1) is 7.72. The quantitative estimate of drug-likeness (QED) is 0.855. The lowest BCUT2D eigenvalue weighted by molar-refractivity contribution is 0.773. The van der Waals surface area contributed by atoms with E-state index < -0.39 is 0 Å². The van der Waals surface area contributed by atoms with Crippen molar-refractivity contribution in [3.8, 4) is 0 Å². The number of thioether (sulfide) groups is 1. The Morgan fingerprint density at radius 2 is 2.31 bits per heavy atom. The van der Waals surface area contributed by atoms with Gasteiger partial charge in [-0.2, -0.15) is 11.8 Å². The summed E-state index contributed by atoms with van der Waals surface area (Å²) in [5.74, 6) is 1.22. The van der Waals surface area contributed by atoms with Gasteiger partial charge < -0.3 is 10.6 Å². The zero-order valence-corrected chi connectivity index (χ0v) is 10.9. The van der Waals surface area contributed by atoms with Crippen molar-refractivity contribution in [2.75, 3.05) is 23.7 Å². The van der Waals surface area contributed by atoms with Crippen LogP contribution >= 0.6 is 11.8 Å². The topological polar surface area (TPSA) is 29.3 Å². The van der Waals surface area contributed by atoms with Crippen LogP contribution in [0.5, 0.6) is 0 Å². The van der Waals surface area contributed by atoms with E-state index in [2.05, 4.69) is 48.7 Å². The Morgan fingerprint density at radius 1 is 1.50 bits per heavy atom. The first-order valence-corrected chi connectivity index (χ1v) is 6.92. The zero-order valence-electron chi connectivity index (χ0n) is 10.1. The average molecular weight is 236 g/mol. The van der Waals surface area contributed by atoms with Crippen molar-refractivity contribution in [3.63, 3.8) is 0 Å². The molecule has 88 valence electrons. The molecule has 0 radical (unpaired) electrons. The van der Waals surface area contributed by atoms with Crippen molar-refractivity contribution in [3.05, 3.63) is 29.3 Å². The third kappa shape index (κ3) is 2.36. The summed E-state index contributed by atoms with van der Waals surface area (Å²) in [5.41, 5.74) is 9.83. The monoisotopic (exact) mass is 236 g/mol. The number of anilines is 1. The summed E-state index contributed by atoms with van der Waals surface area (Å²) >= 11 is 2.06. The van der Waals surface area contributed by atoms with E-state index >= 15 is 0 Å². The molecule has 1 atom stereocenters. The molecule has 0 aromatic heterocycles. The van der Waals surface area contributed by atoms with E-state index in [4.69, 9.17) is 5.73 Å². The van der Waals surface area contributed by atoms with Crippen LogP contribution in [-0.2, 0) is 6.54 Å². The Kier molecular flexibility index (Phi) is 3.77. The van der Waals surface area contributed by atoms with Crippen molar-refractivity contribution in [1.82, 2.24) is 0 Å². The van der Waals surface area contributed by atoms with E-state index in [1.54, 1.807) is 0 Å². The molecular formula is C13H20N2S. The molecule has 16 heavy (non-hydrogen) atoms. The predicted octanol–water partition coefficient (Wildman–Crippen LogP) is 2.40. The summed E-state index contributed by atoms with van der Waals surface area (Å²) in [6.45, 7) is 7.41. The van der Waals surface area contributed by atoms with Gasteiger partial charge in [0.15, 0.2) is 0 Å². The highest BCUT2D eigenvalue weighted by molar-refractivity contribution is 8.00. The summed E-state index contributed by atoms with van der Waals surface area (Å²) in [4.78, 5) is 2.50. The summed E-state index contributed by atoms with van der Waals surface area (Å²) in [6, 6.07) is 6.43. The van der Waals surface area contributed by atoms with Gasteiger partial charge in [0.25, 0.3) is 0 Å². The van der Waals surface area contributed by atoms with Gasteiger partial charge in [-0.25, -0.2) is 0 Å². The molecular weight excluding hydrogens is 216 g/mol. The van der Waals surface area contributed by atoms with E-state index in [0.717, 1.165) is 18.3 Å². The smallest absolute Gasteiger partial charge is 0.0442 e. The SMILES string of the molecule is Cc1cccc(CN)c1N1CCSC(C)C1. The van der Waals surface area contributed by atoms with Crippen LogP contribution in [0.15, 0.2) is 18.2 Å². The van der Waals surface area contributed by atoms with Crippen molar-refractivity contribution >= 4 is 17.4 Å². The molecule has 1 aromatic rings. The maximum Gasteiger partial charge on any atom is 0.0442 e. The lowest BCUT2D eigenvalue weighted by Gasteiger charge is -2.34. The van der Waals surface area contributed by atoms with Crippen LogP contribution in [0.2, 0.25) is 0 Å². The first kappa shape index (κ1) is 11.8. The molecule has 1 heterocycles. The van der Waals surface area contributed by atoms with E-state index in [0.29, 0.717) is 6.54 Å². The number of aryl methyl sites for hydroxylation is 1. The minimum atomic E-state index is 0.634. The van der Waals surface area contributed by atoms with Gasteiger partial charge in [0.1, 0.15) is 0 Å². The van der Waals surface area contributed by atoms with Crippen LogP contribution in [0.25, 0.3) is 0 Å². The maximum absolute atomic E-state index is 5.83. The van der Waals surface area contributed by atoms with Gasteiger partial charge in [0.2, 0.25) is 0 Å². The highest BCUT2D eigenvalue weighted by atomic mass is 32.2. The molecule has 0 spiro atoms. The fourth-order valence-corrected chi connectivity index (χ4v) is 3.37. The lowest BCUT2D eigenvalue weighted by atomic mass is 10.1. The van der Waals surface area contributed by atoms with Crippen LogP contribution in [0, 0.1) is 6.92 Å². The number of hydrogen-bond donors (Lipinski definition) is 1. The van der Waals surface area contributed by atoms with Crippen molar-refractivity contribution in [1.29, 1.82) is 0 Å². The van der Waals surface area contributed by atoms with Gasteiger partial charge >= 0.3 is 0 Å². The molecule has 1 saturated heterocycles. The van der Waals surface area contributed by atoms with Crippen molar-refractivity contribution < 1.29 is 0 Å². The normalized spacial score (nSPS) is 21.2. The predicted molar refractivity (Wildman–Crippen MR) is 73.2 cm³/mol. The molecule has 3 heteroatoms. The number of nitrogens with two attached hydrogens (primary N) is 1. The molecule has 0 bridgehead atoms. The molecule has 2 N–H and O–H groups in total. The largest absolute Gasteiger partial charge is 0.369 e. The molecule has 0 aliphatic carbocycles. The summed E-state index contributed by atoms with van der Waals surface area (Å²) in [7, 11) is 0. The van der Waals surface area contributed by atoms with E-state index in [-0.39, 0.29) is 0 Å². The molecule has 2 nitrogen and oxygen atoms in total. The summed E-state index contributed by atoms with van der Waals surface area (Å²) in [5, 5.41) is 0.721. The first-order valence-electron chi connectivity index (χ1n) is 5.87. The third-order valence-electron chi connectivity index (χ3n) is 3.10. The van der Waals surface area contributed by atoms with E-state index in [1.165, 1.54) is 22.6 Å². The average Bonchev–Trinajstić information content (AvgIpc) is 2.28. The van der Waals surface area contributed by atoms with Crippen molar-refractivity contribution in [2.45, 2.75) is 25.6 Å². The van der Waals surface area contributed by atoms with Crippen LogP contribution in [0.4, 0.5) is 5.69 Å². The van der Waals surface area contributed by atoms with Gasteiger partial charge in [-0.05, 0) is 18.1 Å². The molecule has 1 unspecified atom stereocenters. The Hall–Kier alpha value is -0.670. The van der Waals surface area contributed by atoms with Gasteiger partial charge in [-0.15, -0.1) is 0 Å². The Morgan fingerprint density at radius 3 is 3.00 bits per heavy atom. The molecule has 1 aliphatic heterocycles. The second-order valence-corrected chi connectivity index (χ2v) is 5.96. The van der Waals surface area contributed by atoms with Gasteiger partial charge in [-0.1, -0.05) is 25.1 Å². The van der Waals surface area contributed by atoms with Crippen molar-refractivity contribution in [2.24, 2.45) is 5.73 Å². The molecule has 1 fully saturated rings. The van der Waals surface area contributed by atoms with E-state index in [1.807, 2.05) is 0 Å². The number of nitrogens with zero attached hydrogens (tertiary/aromatic N) is 1. The highest BCUT2D eigenvalue weighted by Crippen LogP contribution is 2.29. The molecule has 0 saturated carbocycles. The van der Waals surface area contributed by atoms with Crippen LogP contribution < -0.4 is 10.6 Å². The Bertz CT molecular complexity index is 365. The third-order valence-corrected chi connectivity index (χ3v) is 4.23. The van der Waals surface area contributed by atoms with Crippen LogP contribution in [0.3, 0.4) is 0 Å². The molecule has 1 aromatic carbocycles. The second-order valence-electron chi connectivity index (χ2n) is 4.41.